The zero-order valence-electron chi connectivity index (χ0n) is 17.8. The summed E-state index contributed by atoms with van der Waals surface area (Å²) >= 11 is 0. The molecular weight excluding hydrogens is 434 g/mol. The molecule has 2 atom stereocenters. The summed E-state index contributed by atoms with van der Waals surface area (Å²) in [4.78, 5) is 28.9. The van der Waals surface area contributed by atoms with Gasteiger partial charge in [-0.05, 0) is 26.0 Å². The van der Waals surface area contributed by atoms with E-state index in [1.54, 1.807) is 13.0 Å². The van der Waals surface area contributed by atoms with Crippen molar-refractivity contribution in [3.05, 3.63) is 54.5 Å². The minimum absolute atomic E-state index is 0.0912. The minimum Gasteiger partial charge on any atom is -0.488 e. The fourth-order valence-electron chi connectivity index (χ4n) is 3.27. The summed E-state index contributed by atoms with van der Waals surface area (Å²) in [7, 11) is 0. The van der Waals surface area contributed by atoms with Gasteiger partial charge in [-0.1, -0.05) is 0 Å². The Morgan fingerprint density at radius 3 is 2.76 bits per heavy atom. The Morgan fingerprint density at radius 1 is 1.18 bits per heavy atom. The number of carbonyl (C=O) groups is 1. The van der Waals surface area contributed by atoms with E-state index in [0.29, 0.717) is 43.3 Å². The summed E-state index contributed by atoms with van der Waals surface area (Å²) in [6, 6.07) is 2.22. The number of hydrogen-bond acceptors (Lipinski definition) is 8. The molecule has 4 rings (SSSR count). The van der Waals surface area contributed by atoms with Crippen LogP contribution in [0.15, 0.2) is 43.1 Å². The predicted octanol–water partition coefficient (Wildman–Crippen LogP) is 2.69. The van der Waals surface area contributed by atoms with Crippen molar-refractivity contribution >= 4 is 5.91 Å². The van der Waals surface area contributed by atoms with Gasteiger partial charge in [0.25, 0.3) is 11.8 Å². The standard InChI is InChI=1S/C22H22F2N6O3/c1-2-32-19-6-15(23)10-29-22(19)33-16-5-13(7-26-11-16)20-27-8-14(9-28-20)21(31)30-18-12-25-4-3-17(18)24/h5-11,17-18,25H,2-4,12H2,1H3,(H,30,31)/t17-,18-/m0/s1. The van der Waals surface area contributed by atoms with Crippen molar-refractivity contribution in [3.63, 3.8) is 0 Å². The molecule has 0 radical (unpaired) electrons. The van der Waals surface area contributed by atoms with E-state index in [-0.39, 0.29) is 17.2 Å². The second-order valence-electron chi connectivity index (χ2n) is 7.29. The molecule has 3 aromatic rings. The first-order valence-corrected chi connectivity index (χ1v) is 10.4. The van der Waals surface area contributed by atoms with Gasteiger partial charge in [-0.3, -0.25) is 9.78 Å². The zero-order chi connectivity index (χ0) is 23.2. The van der Waals surface area contributed by atoms with Gasteiger partial charge in [0.2, 0.25) is 0 Å². The number of carbonyl (C=O) groups excluding carboxylic acids is 1. The van der Waals surface area contributed by atoms with Crippen LogP contribution in [0.5, 0.6) is 17.4 Å². The molecule has 0 bridgehead atoms. The Hall–Kier alpha value is -3.73. The first-order valence-electron chi connectivity index (χ1n) is 10.4. The molecular formula is C22H22F2N6O3. The molecule has 0 saturated carbocycles. The lowest BCUT2D eigenvalue weighted by atomic mass is 10.1. The lowest BCUT2D eigenvalue weighted by molar-refractivity contribution is 0.0892. The van der Waals surface area contributed by atoms with Crippen LogP contribution in [0.2, 0.25) is 0 Å². The van der Waals surface area contributed by atoms with Crippen LogP contribution in [0, 0.1) is 5.82 Å². The maximum Gasteiger partial charge on any atom is 0.262 e. The van der Waals surface area contributed by atoms with Gasteiger partial charge in [0.1, 0.15) is 17.7 Å². The van der Waals surface area contributed by atoms with Crippen molar-refractivity contribution in [3.8, 4) is 28.8 Å². The number of aromatic nitrogens is 4. The zero-order valence-corrected chi connectivity index (χ0v) is 17.8. The van der Waals surface area contributed by atoms with E-state index in [1.807, 2.05) is 0 Å². The van der Waals surface area contributed by atoms with E-state index in [0.717, 1.165) is 6.20 Å². The van der Waals surface area contributed by atoms with E-state index in [9.17, 15) is 13.6 Å². The molecule has 0 unspecified atom stereocenters. The Balaban J connectivity index is 1.47. The lowest BCUT2D eigenvalue weighted by Gasteiger charge is -2.27. The molecule has 1 aliphatic heterocycles. The molecule has 0 aromatic carbocycles. The van der Waals surface area contributed by atoms with Crippen LogP contribution >= 0.6 is 0 Å². The molecule has 4 heterocycles. The van der Waals surface area contributed by atoms with Crippen LogP contribution in [0.25, 0.3) is 11.4 Å². The molecule has 1 saturated heterocycles. The summed E-state index contributed by atoms with van der Waals surface area (Å²) in [5.74, 6) is -0.108. The van der Waals surface area contributed by atoms with Crippen molar-refractivity contribution in [2.75, 3.05) is 19.7 Å². The van der Waals surface area contributed by atoms with Gasteiger partial charge in [-0.25, -0.2) is 23.7 Å². The summed E-state index contributed by atoms with van der Waals surface area (Å²) in [6.07, 6.45) is 6.00. The van der Waals surface area contributed by atoms with Crippen molar-refractivity contribution in [2.24, 2.45) is 0 Å². The topological polar surface area (TPSA) is 111 Å². The van der Waals surface area contributed by atoms with Gasteiger partial charge in [0.05, 0.1) is 30.6 Å². The molecule has 11 heteroatoms. The van der Waals surface area contributed by atoms with E-state index >= 15 is 0 Å². The monoisotopic (exact) mass is 456 g/mol. The fraction of sp³-hybridized carbons (Fsp3) is 0.318. The third kappa shape index (κ3) is 5.55. The molecule has 1 fully saturated rings. The Labute approximate surface area is 188 Å². The third-order valence-corrected chi connectivity index (χ3v) is 4.90. The number of nitrogens with zero attached hydrogens (tertiary/aromatic N) is 4. The number of rotatable bonds is 7. The molecule has 2 N–H and O–H groups in total. The fourth-order valence-corrected chi connectivity index (χ4v) is 3.27. The number of amides is 1. The molecule has 9 nitrogen and oxygen atoms in total. The molecule has 33 heavy (non-hydrogen) atoms. The van der Waals surface area contributed by atoms with Crippen LogP contribution < -0.4 is 20.1 Å². The summed E-state index contributed by atoms with van der Waals surface area (Å²) < 4.78 is 38.5. The first-order chi connectivity index (χ1) is 16.0. The van der Waals surface area contributed by atoms with Gasteiger partial charge in [0.15, 0.2) is 11.6 Å². The Morgan fingerprint density at radius 2 is 2.00 bits per heavy atom. The number of nitrogens with one attached hydrogen (secondary N) is 2. The number of piperidine rings is 1. The molecule has 0 aliphatic carbocycles. The maximum atomic E-state index is 14.0. The third-order valence-electron chi connectivity index (χ3n) is 4.90. The minimum atomic E-state index is -1.09. The summed E-state index contributed by atoms with van der Waals surface area (Å²) in [6.45, 7) is 3.04. The highest BCUT2D eigenvalue weighted by molar-refractivity contribution is 5.94. The van der Waals surface area contributed by atoms with Crippen LogP contribution in [0.4, 0.5) is 8.78 Å². The maximum absolute atomic E-state index is 14.0. The molecule has 1 amide bonds. The van der Waals surface area contributed by atoms with E-state index < -0.39 is 23.9 Å². The van der Waals surface area contributed by atoms with Crippen molar-refractivity contribution in [1.82, 2.24) is 30.6 Å². The number of halogens is 2. The predicted molar refractivity (Wildman–Crippen MR) is 114 cm³/mol. The average Bonchev–Trinajstić information content (AvgIpc) is 2.83. The average molecular weight is 456 g/mol. The highest BCUT2D eigenvalue weighted by atomic mass is 19.1. The van der Waals surface area contributed by atoms with Crippen LogP contribution in [-0.2, 0) is 0 Å². The Bertz CT molecular complexity index is 1120. The normalized spacial score (nSPS) is 17.9. The van der Waals surface area contributed by atoms with Gasteiger partial charge < -0.3 is 20.1 Å². The number of ether oxygens (including phenoxy) is 2. The molecule has 1 aliphatic rings. The number of hydrogen-bond donors (Lipinski definition) is 2. The lowest BCUT2D eigenvalue weighted by Crippen LogP contribution is -2.52. The highest BCUT2D eigenvalue weighted by Gasteiger charge is 2.26. The van der Waals surface area contributed by atoms with Gasteiger partial charge in [-0.15, -0.1) is 0 Å². The molecule has 0 spiro atoms. The Kier molecular flexibility index (Phi) is 6.98. The summed E-state index contributed by atoms with van der Waals surface area (Å²) in [5, 5.41) is 5.72. The molecule has 172 valence electrons. The van der Waals surface area contributed by atoms with Gasteiger partial charge >= 0.3 is 0 Å². The first kappa shape index (κ1) is 22.5. The van der Waals surface area contributed by atoms with Crippen LogP contribution in [0.3, 0.4) is 0 Å². The van der Waals surface area contributed by atoms with Crippen molar-refractivity contribution in [2.45, 2.75) is 25.6 Å². The smallest absolute Gasteiger partial charge is 0.262 e. The second-order valence-corrected chi connectivity index (χ2v) is 7.29. The highest BCUT2D eigenvalue weighted by Crippen LogP contribution is 2.30. The van der Waals surface area contributed by atoms with Crippen LogP contribution in [-0.4, -0.2) is 57.8 Å². The van der Waals surface area contributed by atoms with Gasteiger partial charge in [0, 0.05) is 36.8 Å². The van der Waals surface area contributed by atoms with Crippen LogP contribution in [0.1, 0.15) is 23.7 Å². The number of pyridine rings is 2. The molecule has 3 aromatic heterocycles. The quantitative estimate of drug-likeness (QED) is 0.558. The largest absolute Gasteiger partial charge is 0.488 e. The second kappa shape index (κ2) is 10.3. The van der Waals surface area contributed by atoms with E-state index in [1.165, 1.54) is 30.9 Å². The van der Waals surface area contributed by atoms with E-state index in [2.05, 4.69) is 30.6 Å². The van der Waals surface area contributed by atoms with Crippen molar-refractivity contribution in [1.29, 1.82) is 0 Å². The SMILES string of the molecule is CCOc1cc(F)cnc1Oc1cncc(-c2ncc(C(=O)N[C@H]3CNCC[C@@H]3F)cn2)c1. The van der Waals surface area contributed by atoms with Crippen molar-refractivity contribution < 1.29 is 23.0 Å². The van der Waals surface area contributed by atoms with E-state index in [4.69, 9.17) is 9.47 Å². The van der Waals surface area contributed by atoms with Gasteiger partial charge in [-0.2, -0.15) is 0 Å². The number of alkyl halides is 1. The summed E-state index contributed by atoms with van der Waals surface area (Å²) in [5.41, 5.74) is 0.744.